The minimum Gasteiger partial charge on any atom is -0.398 e. The van der Waals surface area contributed by atoms with E-state index >= 15 is 0 Å². The molecule has 0 saturated carbocycles. The lowest BCUT2D eigenvalue weighted by Gasteiger charge is -2.23. The number of hydrogen-bond donors (Lipinski definition) is 3. The minimum absolute atomic E-state index is 0.0900. The van der Waals surface area contributed by atoms with Gasteiger partial charge < -0.3 is 16.4 Å². The van der Waals surface area contributed by atoms with Crippen molar-refractivity contribution in [2.75, 3.05) is 18.8 Å². The van der Waals surface area contributed by atoms with Gasteiger partial charge in [-0.25, -0.2) is 4.39 Å². The van der Waals surface area contributed by atoms with E-state index in [2.05, 4.69) is 10.6 Å². The molecule has 0 bridgehead atoms. The Balaban J connectivity index is 1.62. The second-order valence-electron chi connectivity index (χ2n) is 6.52. The summed E-state index contributed by atoms with van der Waals surface area (Å²) in [5.74, 6) is -0.685. The first kappa shape index (κ1) is 18.1. The fourth-order valence-corrected chi connectivity index (χ4v) is 3.04. The van der Waals surface area contributed by atoms with Crippen molar-refractivity contribution in [3.05, 3.63) is 65.0 Å². The molecule has 0 unspecified atom stereocenters. The molecule has 136 valence electrons. The molecule has 0 spiro atoms. The maximum absolute atomic E-state index is 13.1. The average Bonchev–Trinajstić information content (AvgIpc) is 2.65. The van der Waals surface area contributed by atoms with Crippen LogP contribution in [-0.2, 0) is 6.42 Å². The fraction of sp³-hybridized carbons (Fsp3) is 0.300. The van der Waals surface area contributed by atoms with Crippen molar-refractivity contribution in [1.29, 1.82) is 0 Å². The van der Waals surface area contributed by atoms with Crippen LogP contribution in [0.4, 0.5) is 10.1 Å². The van der Waals surface area contributed by atoms with Gasteiger partial charge in [-0.05, 0) is 55.8 Å². The zero-order valence-electron chi connectivity index (χ0n) is 14.4. The second kappa shape index (κ2) is 8.10. The van der Waals surface area contributed by atoms with E-state index in [0.29, 0.717) is 16.7 Å². The molecule has 26 heavy (non-hydrogen) atoms. The van der Waals surface area contributed by atoms with Crippen molar-refractivity contribution in [3.8, 4) is 0 Å². The number of anilines is 1. The largest absolute Gasteiger partial charge is 0.398 e. The van der Waals surface area contributed by atoms with Crippen molar-refractivity contribution in [2.45, 2.75) is 25.3 Å². The predicted octanol–water partition coefficient (Wildman–Crippen LogP) is 2.32. The molecule has 0 aliphatic carbocycles. The Labute approximate surface area is 151 Å². The molecule has 1 aliphatic rings. The van der Waals surface area contributed by atoms with Gasteiger partial charge in [-0.3, -0.25) is 9.59 Å². The van der Waals surface area contributed by atoms with E-state index in [9.17, 15) is 14.0 Å². The van der Waals surface area contributed by atoms with E-state index in [1.807, 2.05) is 0 Å². The van der Waals surface area contributed by atoms with Crippen LogP contribution in [0.3, 0.4) is 0 Å². The van der Waals surface area contributed by atoms with Crippen LogP contribution in [0.25, 0.3) is 0 Å². The van der Waals surface area contributed by atoms with Crippen molar-refractivity contribution < 1.29 is 14.0 Å². The highest BCUT2D eigenvalue weighted by Crippen LogP contribution is 2.17. The molecule has 3 rings (SSSR count). The summed E-state index contributed by atoms with van der Waals surface area (Å²) < 4.78 is 13.1. The summed E-state index contributed by atoms with van der Waals surface area (Å²) in [6.45, 7) is 1.82. The van der Waals surface area contributed by atoms with E-state index in [1.165, 1.54) is 18.2 Å². The summed E-state index contributed by atoms with van der Waals surface area (Å²) in [4.78, 5) is 24.7. The third-order valence-corrected chi connectivity index (χ3v) is 4.60. The van der Waals surface area contributed by atoms with Crippen molar-refractivity contribution >= 4 is 17.4 Å². The van der Waals surface area contributed by atoms with Gasteiger partial charge in [0.05, 0.1) is 0 Å². The number of rotatable bonds is 5. The van der Waals surface area contributed by atoms with Crippen LogP contribution in [0.2, 0.25) is 0 Å². The van der Waals surface area contributed by atoms with Gasteiger partial charge in [-0.1, -0.05) is 18.2 Å². The third-order valence-electron chi connectivity index (χ3n) is 4.60. The van der Waals surface area contributed by atoms with Crippen LogP contribution < -0.4 is 16.4 Å². The normalized spacial score (nSPS) is 14.8. The Morgan fingerprint density at radius 1 is 1.08 bits per heavy atom. The number of nitrogens with two attached hydrogens (primary N) is 1. The van der Waals surface area contributed by atoms with E-state index < -0.39 is 5.82 Å². The number of amides is 1. The first-order valence-electron chi connectivity index (χ1n) is 8.71. The summed E-state index contributed by atoms with van der Waals surface area (Å²) in [6, 6.07) is 10.8. The standard InChI is InChI=1S/C20H22FN3O2/c21-16-6-5-15(18(22)12-16)11-19(25)13-1-3-14(4-2-13)20(26)24-17-7-9-23-10-8-17/h1-6,12,17,23H,7-11,22H2,(H,24,26). The monoisotopic (exact) mass is 355 g/mol. The van der Waals surface area contributed by atoms with Gasteiger partial charge >= 0.3 is 0 Å². The molecule has 0 atom stereocenters. The number of halogens is 1. The molecular formula is C20H22FN3O2. The fourth-order valence-electron chi connectivity index (χ4n) is 3.04. The highest BCUT2D eigenvalue weighted by Gasteiger charge is 2.17. The second-order valence-corrected chi connectivity index (χ2v) is 6.52. The van der Waals surface area contributed by atoms with Gasteiger partial charge in [0.1, 0.15) is 5.82 Å². The first-order valence-corrected chi connectivity index (χ1v) is 8.71. The van der Waals surface area contributed by atoms with E-state index in [-0.39, 0.29) is 29.8 Å². The van der Waals surface area contributed by atoms with Crippen molar-refractivity contribution in [3.63, 3.8) is 0 Å². The van der Waals surface area contributed by atoms with Crippen LogP contribution in [0.5, 0.6) is 0 Å². The quantitative estimate of drug-likeness (QED) is 0.568. The summed E-state index contributed by atoms with van der Waals surface area (Å²) in [5, 5.41) is 6.28. The third kappa shape index (κ3) is 4.46. The molecule has 0 radical (unpaired) electrons. The molecule has 2 aromatic rings. The molecule has 2 aromatic carbocycles. The number of piperidine rings is 1. The van der Waals surface area contributed by atoms with Crippen molar-refractivity contribution in [1.82, 2.24) is 10.6 Å². The highest BCUT2D eigenvalue weighted by molar-refractivity contribution is 6.00. The first-order chi connectivity index (χ1) is 12.5. The van der Waals surface area contributed by atoms with Crippen LogP contribution in [0.15, 0.2) is 42.5 Å². The smallest absolute Gasteiger partial charge is 0.251 e. The topological polar surface area (TPSA) is 84.2 Å². The molecule has 1 heterocycles. The number of Topliss-reactive ketones (excluding diaryl/α,β-unsaturated/α-hetero) is 1. The van der Waals surface area contributed by atoms with Crippen molar-refractivity contribution in [2.24, 2.45) is 0 Å². The summed E-state index contributed by atoms with van der Waals surface area (Å²) in [6.07, 6.45) is 1.93. The Hall–Kier alpha value is -2.73. The number of benzene rings is 2. The molecule has 1 fully saturated rings. The highest BCUT2D eigenvalue weighted by atomic mass is 19.1. The van der Waals surface area contributed by atoms with Gasteiger partial charge in [0.2, 0.25) is 0 Å². The summed E-state index contributed by atoms with van der Waals surface area (Å²) in [5.41, 5.74) is 7.62. The summed E-state index contributed by atoms with van der Waals surface area (Å²) in [7, 11) is 0. The number of nitrogens with one attached hydrogen (secondary N) is 2. The van der Waals surface area contributed by atoms with Crippen LogP contribution in [0.1, 0.15) is 39.1 Å². The zero-order valence-corrected chi connectivity index (χ0v) is 14.4. The van der Waals surface area contributed by atoms with Crippen LogP contribution in [0, 0.1) is 5.82 Å². The summed E-state index contributed by atoms with van der Waals surface area (Å²) >= 11 is 0. The molecule has 1 saturated heterocycles. The lowest BCUT2D eigenvalue weighted by molar-refractivity contribution is 0.0927. The van der Waals surface area contributed by atoms with Crippen LogP contribution in [-0.4, -0.2) is 30.8 Å². The molecule has 5 nitrogen and oxygen atoms in total. The van der Waals surface area contributed by atoms with Gasteiger partial charge in [-0.2, -0.15) is 0 Å². The zero-order chi connectivity index (χ0) is 18.5. The maximum atomic E-state index is 13.1. The van der Waals surface area contributed by atoms with E-state index in [1.54, 1.807) is 24.3 Å². The number of nitrogen functional groups attached to an aromatic ring is 1. The number of hydrogen-bond acceptors (Lipinski definition) is 4. The Bertz CT molecular complexity index is 799. The van der Waals surface area contributed by atoms with Gasteiger partial charge in [0, 0.05) is 29.3 Å². The van der Waals surface area contributed by atoms with Gasteiger partial charge in [-0.15, -0.1) is 0 Å². The van der Waals surface area contributed by atoms with Gasteiger partial charge in [0.15, 0.2) is 5.78 Å². The molecule has 1 amide bonds. The maximum Gasteiger partial charge on any atom is 0.251 e. The lowest BCUT2D eigenvalue weighted by Crippen LogP contribution is -2.42. The number of carbonyl (C=O) groups is 2. The average molecular weight is 355 g/mol. The van der Waals surface area contributed by atoms with E-state index in [0.717, 1.165) is 25.9 Å². The lowest BCUT2D eigenvalue weighted by atomic mass is 10.0. The SMILES string of the molecule is Nc1cc(F)ccc1CC(=O)c1ccc(C(=O)NC2CCNCC2)cc1. The molecule has 6 heteroatoms. The molecule has 4 N–H and O–H groups in total. The molecule has 1 aliphatic heterocycles. The molecule has 0 aromatic heterocycles. The molecular weight excluding hydrogens is 333 g/mol. The number of ketones is 1. The Kier molecular flexibility index (Phi) is 5.63. The number of carbonyl (C=O) groups excluding carboxylic acids is 2. The Morgan fingerprint density at radius 3 is 2.38 bits per heavy atom. The minimum atomic E-state index is -0.428. The van der Waals surface area contributed by atoms with E-state index in [4.69, 9.17) is 5.73 Å². The van der Waals surface area contributed by atoms with Crippen LogP contribution >= 0.6 is 0 Å². The predicted molar refractivity (Wildman–Crippen MR) is 98.6 cm³/mol. The van der Waals surface area contributed by atoms with Gasteiger partial charge in [0.25, 0.3) is 5.91 Å². The Morgan fingerprint density at radius 2 is 1.73 bits per heavy atom.